The van der Waals surface area contributed by atoms with E-state index in [0.29, 0.717) is 5.41 Å². The average molecular weight is 944 g/mol. The first-order chi connectivity index (χ1) is 26.0. The van der Waals surface area contributed by atoms with Gasteiger partial charge in [-0.25, -0.2) is 0 Å². The molecular formula is C50H55ClOsP2-. The van der Waals surface area contributed by atoms with Crippen LogP contribution in [0, 0.1) is 29.9 Å². The van der Waals surface area contributed by atoms with Crippen molar-refractivity contribution in [2.75, 3.05) is 0 Å². The molecule has 0 aromatic heterocycles. The number of hydrogen-bond acceptors (Lipinski definition) is 0. The Bertz CT molecular complexity index is 1500. The molecule has 6 aromatic rings. The second-order valence-corrected chi connectivity index (χ2v) is 18.6. The van der Waals surface area contributed by atoms with E-state index in [4.69, 9.17) is 0 Å². The summed E-state index contributed by atoms with van der Waals surface area (Å²) in [6, 6.07) is 64.7. The molecule has 0 amide bonds. The second kappa shape index (κ2) is 26.4. The summed E-state index contributed by atoms with van der Waals surface area (Å²) in [5, 5.41) is 8.39. The SMILES string of the molecule is C[C-]=CC(C)(C)C.[CH2][C]=CC(C)(C)C.[Cl][Os].c1ccc(P(c2ccccc2)c2ccccc2)cc1.c1ccc(P(c2ccccc2)c2ccccc2)cc1. The van der Waals surface area contributed by atoms with Crippen molar-refractivity contribution >= 4 is 57.3 Å². The van der Waals surface area contributed by atoms with E-state index in [1.807, 2.05) is 13.0 Å². The van der Waals surface area contributed by atoms with Crippen molar-refractivity contribution in [3.8, 4) is 0 Å². The average Bonchev–Trinajstić information content (AvgIpc) is 3.18. The molecule has 0 aliphatic rings. The maximum atomic E-state index is 4.67. The summed E-state index contributed by atoms with van der Waals surface area (Å²) in [4.78, 5) is 0. The minimum absolute atomic E-state index is 0.252. The Kier molecular flexibility index (Phi) is 22.9. The van der Waals surface area contributed by atoms with Crippen molar-refractivity contribution in [2.24, 2.45) is 10.8 Å². The number of benzene rings is 6. The van der Waals surface area contributed by atoms with Crippen LogP contribution in [-0.4, -0.2) is 0 Å². The van der Waals surface area contributed by atoms with Crippen LogP contribution in [0.2, 0.25) is 0 Å². The van der Waals surface area contributed by atoms with E-state index in [9.17, 15) is 0 Å². The standard InChI is InChI=1S/2C18H15P.C7H13.C7H12.ClH.Os/c2*1-4-10-16(11-5-1)19(17-12-6-2-7-13-17)18-14-8-3-9-15-18;2*1-5-6-7(2,3)4;;/h2*1-15H;6H,1-4H3;6H,1H2,2-4H3;1H;/q;;-1;;;+1/p-1. The first kappa shape index (κ1) is 46.7. The van der Waals surface area contributed by atoms with Gasteiger partial charge in [-0.1, -0.05) is 235 Å². The van der Waals surface area contributed by atoms with Crippen LogP contribution in [0.1, 0.15) is 48.5 Å². The first-order valence-corrected chi connectivity index (χ1v) is 23.8. The molecule has 0 saturated heterocycles. The molecule has 0 heterocycles. The van der Waals surface area contributed by atoms with Crippen molar-refractivity contribution in [3.63, 3.8) is 0 Å². The summed E-state index contributed by atoms with van der Waals surface area (Å²) in [6.45, 7) is 18.2. The van der Waals surface area contributed by atoms with E-state index in [2.05, 4.69) is 258 Å². The molecular weight excluding hydrogens is 888 g/mol. The Balaban J connectivity index is 0.000000270. The number of rotatable bonds is 6. The second-order valence-electron chi connectivity index (χ2n) is 14.2. The molecule has 0 nitrogen and oxygen atoms in total. The summed E-state index contributed by atoms with van der Waals surface area (Å²) >= 11 is 1.33. The van der Waals surface area contributed by atoms with Gasteiger partial charge >= 0.3 is 27.2 Å². The molecule has 0 spiro atoms. The molecule has 54 heavy (non-hydrogen) atoms. The van der Waals surface area contributed by atoms with Crippen LogP contribution in [0.3, 0.4) is 0 Å². The Morgan fingerprint density at radius 3 is 0.741 bits per heavy atom. The molecule has 0 unspecified atom stereocenters. The summed E-state index contributed by atoms with van der Waals surface area (Å²) in [5.41, 5.74) is 0.566. The Morgan fingerprint density at radius 2 is 0.648 bits per heavy atom. The predicted octanol–water partition coefficient (Wildman–Crippen LogP) is 12.2. The molecule has 6 rings (SSSR count). The third-order valence-corrected chi connectivity index (χ3v) is 12.1. The topological polar surface area (TPSA) is 0 Å². The third kappa shape index (κ3) is 18.8. The normalized spacial score (nSPS) is 11.0. The zero-order chi connectivity index (χ0) is 39.7. The van der Waals surface area contributed by atoms with Crippen molar-refractivity contribution in [3.05, 3.63) is 213 Å². The molecule has 0 aliphatic carbocycles. The van der Waals surface area contributed by atoms with E-state index in [1.165, 1.54) is 49.4 Å². The maximum absolute atomic E-state index is 4.67. The Morgan fingerprint density at radius 1 is 0.444 bits per heavy atom. The molecule has 281 valence electrons. The maximum Gasteiger partial charge on any atom is -0.0134 e. The molecule has 0 atom stereocenters. The van der Waals surface area contributed by atoms with Gasteiger partial charge in [0.15, 0.2) is 0 Å². The van der Waals surface area contributed by atoms with E-state index in [-0.39, 0.29) is 5.41 Å². The Hall–Kier alpha value is -3.41. The molecule has 0 saturated carbocycles. The van der Waals surface area contributed by atoms with Gasteiger partial charge in [-0.2, -0.15) is 6.92 Å². The number of halogens is 1. The molecule has 2 radical (unpaired) electrons. The first-order valence-electron chi connectivity index (χ1n) is 17.9. The third-order valence-electron chi connectivity index (χ3n) is 7.20. The van der Waals surface area contributed by atoms with Crippen molar-refractivity contribution in [1.82, 2.24) is 0 Å². The fourth-order valence-corrected chi connectivity index (χ4v) is 9.71. The summed E-state index contributed by atoms with van der Waals surface area (Å²) in [5.74, 6) is 0. The molecule has 0 bridgehead atoms. The number of hydrogen-bond donors (Lipinski definition) is 0. The summed E-state index contributed by atoms with van der Waals surface area (Å²) < 4.78 is 0. The van der Waals surface area contributed by atoms with Crippen LogP contribution in [0.4, 0.5) is 0 Å². The van der Waals surface area contributed by atoms with Crippen molar-refractivity contribution in [2.45, 2.75) is 48.5 Å². The molecule has 6 aromatic carbocycles. The van der Waals surface area contributed by atoms with Gasteiger partial charge in [0.05, 0.1) is 0 Å². The van der Waals surface area contributed by atoms with E-state index in [0.717, 1.165) is 0 Å². The molecule has 0 N–H and O–H groups in total. The monoisotopic (exact) mass is 944 g/mol. The van der Waals surface area contributed by atoms with Crippen LogP contribution >= 0.6 is 25.5 Å². The number of allylic oxidation sites excluding steroid dienone is 4. The van der Waals surface area contributed by atoms with Crippen LogP contribution in [0.5, 0.6) is 0 Å². The minimum Gasteiger partial charge on any atom is -0.0622 e. The van der Waals surface area contributed by atoms with Crippen LogP contribution in [0.15, 0.2) is 194 Å². The van der Waals surface area contributed by atoms with Gasteiger partial charge in [0.2, 0.25) is 0 Å². The minimum atomic E-state index is -0.446. The van der Waals surface area contributed by atoms with Crippen molar-refractivity contribution < 1.29 is 17.6 Å². The van der Waals surface area contributed by atoms with Gasteiger partial charge in [-0.15, -0.1) is 0 Å². The van der Waals surface area contributed by atoms with Gasteiger partial charge in [0.1, 0.15) is 0 Å². The summed E-state index contributed by atoms with van der Waals surface area (Å²) in [7, 11) is 3.77. The zero-order valence-electron chi connectivity index (χ0n) is 32.8. The van der Waals surface area contributed by atoms with Gasteiger partial charge in [0, 0.05) is 0 Å². The van der Waals surface area contributed by atoms with E-state index >= 15 is 0 Å². The smallest absolute Gasteiger partial charge is 0.0134 e. The molecule has 0 fully saturated rings. The van der Waals surface area contributed by atoms with Crippen LogP contribution < -0.4 is 31.8 Å². The van der Waals surface area contributed by atoms with E-state index < -0.39 is 15.8 Å². The molecule has 4 heteroatoms. The largest absolute Gasteiger partial charge is 0.0622 e. The van der Waals surface area contributed by atoms with Gasteiger partial charge in [0.25, 0.3) is 0 Å². The predicted molar refractivity (Wildman–Crippen MR) is 242 cm³/mol. The fraction of sp³-hybridized carbons (Fsp3) is 0.180. The van der Waals surface area contributed by atoms with E-state index in [1.54, 1.807) is 0 Å². The molecule has 0 aliphatic heterocycles. The summed E-state index contributed by atoms with van der Waals surface area (Å²) in [6.07, 6.45) is 9.73. The quantitative estimate of drug-likeness (QED) is 0.115. The van der Waals surface area contributed by atoms with Gasteiger partial charge in [-0.3, -0.25) is 6.08 Å². The Labute approximate surface area is 345 Å². The van der Waals surface area contributed by atoms with Crippen LogP contribution in [0.25, 0.3) is 0 Å². The zero-order valence-corrected chi connectivity index (χ0v) is 37.9. The van der Waals surface area contributed by atoms with Crippen molar-refractivity contribution in [1.29, 1.82) is 0 Å². The van der Waals surface area contributed by atoms with Crippen LogP contribution in [-0.2, 0) is 17.6 Å². The fourth-order valence-electron chi connectivity index (χ4n) is 5.10. The van der Waals surface area contributed by atoms with Gasteiger partial charge in [-0.05, 0) is 66.1 Å². The van der Waals surface area contributed by atoms with Gasteiger partial charge < -0.3 is 6.08 Å².